The van der Waals surface area contributed by atoms with Crippen molar-refractivity contribution in [1.29, 1.82) is 0 Å². The van der Waals surface area contributed by atoms with Gasteiger partial charge < -0.3 is 16.0 Å². The lowest BCUT2D eigenvalue weighted by Crippen LogP contribution is -2.09. The zero-order valence-corrected chi connectivity index (χ0v) is 11.6. The molecule has 0 spiro atoms. The van der Waals surface area contributed by atoms with Gasteiger partial charge in [0.25, 0.3) is 5.56 Å². The van der Waals surface area contributed by atoms with E-state index in [-0.39, 0.29) is 5.56 Å². The van der Waals surface area contributed by atoms with Crippen LogP contribution in [0.5, 0.6) is 0 Å². The van der Waals surface area contributed by atoms with Gasteiger partial charge in [0.2, 0.25) is 0 Å². The highest BCUT2D eigenvalue weighted by Gasteiger charge is 2.06. The minimum Gasteiger partial charge on any atom is -0.397 e. The molecule has 2 aromatic heterocycles. The van der Waals surface area contributed by atoms with Crippen molar-refractivity contribution in [3.05, 3.63) is 58.4 Å². The number of anilines is 2. The Morgan fingerprint density at radius 2 is 2.19 bits per heavy atom. The van der Waals surface area contributed by atoms with Gasteiger partial charge in [-0.05, 0) is 30.7 Å². The number of rotatable bonds is 3. The molecule has 0 bridgehead atoms. The van der Waals surface area contributed by atoms with Crippen molar-refractivity contribution in [2.24, 2.45) is 0 Å². The van der Waals surface area contributed by atoms with Gasteiger partial charge in [-0.1, -0.05) is 6.07 Å². The van der Waals surface area contributed by atoms with Crippen LogP contribution in [0.2, 0.25) is 0 Å². The van der Waals surface area contributed by atoms with Crippen LogP contribution >= 0.6 is 0 Å². The van der Waals surface area contributed by atoms with Gasteiger partial charge in [-0.25, -0.2) is 4.98 Å². The Hall–Kier alpha value is -2.89. The molecule has 6 nitrogen and oxygen atoms in total. The summed E-state index contributed by atoms with van der Waals surface area (Å²) in [5.74, 6) is 0. The predicted molar refractivity (Wildman–Crippen MR) is 83.1 cm³/mol. The standard InChI is InChI=1S/C15H15N5O/c1-9-3-2-4-17-14(9)7-18-13-6-12-10(5-11(13)16)15(21)20-8-19-12/h2-6,8,18H,7,16H2,1H3,(H,19,20,21). The first-order valence-corrected chi connectivity index (χ1v) is 6.56. The van der Waals surface area contributed by atoms with Crippen molar-refractivity contribution in [2.45, 2.75) is 13.5 Å². The summed E-state index contributed by atoms with van der Waals surface area (Å²) in [5, 5.41) is 3.72. The van der Waals surface area contributed by atoms with Crippen LogP contribution in [0.3, 0.4) is 0 Å². The lowest BCUT2D eigenvalue weighted by atomic mass is 10.1. The lowest BCUT2D eigenvalue weighted by Gasteiger charge is -2.11. The zero-order valence-electron chi connectivity index (χ0n) is 11.6. The van der Waals surface area contributed by atoms with Gasteiger partial charge in [-0.3, -0.25) is 9.78 Å². The molecule has 0 aliphatic heterocycles. The number of nitrogen functional groups attached to an aromatic ring is 1. The highest BCUT2D eigenvalue weighted by atomic mass is 16.1. The number of pyridine rings is 1. The number of aryl methyl sites for hydroxylation is 1. The molecule has 0 aliphatic rings. The largest absolute Gasteiger partial charge is 0.397 e. The molecule has 0 saturated carbocycles. The number of nitrogens with zero attached hydrogens (tertiary/aromatic N) is 2. The van der Waals surface area contributed by atoms with E-state index in [0.29, 0.717) is 23.1 Å². The van der Waals surface area contributed by atoms with Crippen LogP contribution in [0.25, 0.3) is 10.9 Å². The SMILES string of the molecule is Cc1cccnc1CNc1cc2nc[nH]c(=O)c2cc1N. The lowest BCUT2D eigenvalue weighted by molar-refractivity contribution is 1.02. The van der Waals surface area contributed by atoms with Crippen molar-refractivity contribution in [3.63, 3.8) is 0 Å². The van der Waals surface area contributed by atoms with Crippen LogP contribution in [0.15, 0.2) is 41.6 Å². The summed E-state index contributed by atoms with van der Waals surface area (Å²) in [5.41, 5.74) is 9.72. The molecule has 0 radical (unpaired) electrons. The fourth-order valence-electron chi connectivity index (χ4n) is 2.17. The molecule has 0 aliphatic carbocycles. The van der Waals surface area contributed by atoms with Gasteiger partial charge in [0.15, 0.2) is 0 Å². The molecule has 3 aromatic rings. The molecule has 3 rings (SSSR count). The van der Waals surface area contributed by atoms with E-state index in [0.717, 1.165) is 16.9 Å². The molecule has 1 aromatic carbocycles. The van der Waals surface area contributed by atoms with E-state index in [2.05, 4.69) is 20.3 Å². The first-order valence-electron chi connectivity index (χ1n) is 6.56. The first-order chi connectivity index (χ1) is 10.1. The average molecular weight is 281 g/mol. The second kappa shape index (κ2) is 5.24. The first kappa shape index (κ1) is 13.1. The van der Waals surface area contributed by atoms with Gasteiger partial charge in [-0.2, -0.15) is 0 Å². The third-order valence-corrected chi connectivity index (χ3v) is 3.38. The molecular formula is C15H15N5O. The number of benzene rings is 1. The Kier molecular flexibility index (Phi) is 3.27. The number of hydrogen-bond donors (Lipinski definition) is 3. The number of nitrogens with two attached hydrogens (primary N) is 1. The van der Waals surface area contributed by atoms with Crippen LogP contribution in [0, 0.1) is 6.92 Å². The Bertz CT molecular complexity index is 856. The van der Waals surface area contributed by atoms with E-state index in [9.17, 15) is 4.79 Å². The van der Waals surface area contributed by atoms with Crippen LogP contribution in [-0.2, 0) is 6.54 Å². The van der Waals surface area contributed by atoms with E-state index < -0.39 is 0 Å². The number of fused-ring (bicyclic) bond motifs is 1. The minimum atomic E-state index is -0.196. The van der Waals surface area contributed by atoms with E-state index >= 15 is 0 Å². The average Bonchev–Trinajstić information content (AvgIpc) is 2.48. The molecule has 21 heavy (non-hydrogen) atoms. The van der Waals surface area contributed by atoms with E-state index in [1.807, 2.05) is 19.1 Å². The van der Waals surface area contributed by atoms with Crippen LogP contribution < -0.4 is 16.6 Å². The van der Waals surface area contributed by atoms with Gasteiger partial charge in [0.1, 0.15) is 0 Å². The van der Waals surface area contributed by atoms with Crippen molar-refractivity contribution in [1.82, 2.24) is 15.0 Å². The Morgan fingerprint density at radius 1 is 1.33 bits per heavy atom. The van der Waals surface area contributed by atoms with E-state index in [4.69, 9.17) is 5.73 Å². The maximum atomic E-state index is 11.7. The highest BCUT2D eigenvalue weighted by molar-refractivity contribution is 5.88. The number of aromatic nitrogens is 3. The molecule has 0 saturated heterocycles. The minimum absolute atomic E-state index is 0.196. The van der Waals surface area contributed by atoms with E-state index in [1.54, 1.807) is 18.3 Å². The van der Waals surface area contributed by atoms with Crippen molar-refractivity contribution in [3.8, 4) is 0 Å². The quantitative estimate of drug-likeness (QED) is 0.636. The topological polar surface area (TPSA) is 96.7 Å². The third-order valence-electron chi connectivity index (χ3n) is 3.38. The van der Waals surface area contributed by atoms with E-state index in [1.165, 1.54) is 6.33 Å². The van der Waals surface area contributed by atoms with Crippen molar-refractivity contribution >= 4 is 22.3 Å². The predicted octanol–water partition coefficient (Wildman–Crippen LogP) is 1.82. The molecular weight excluding hydrogens is 266 g/mol. The Morgan fingerprint density at radius 3 is 3.00 bits per heavy atom. The molecule has 4 N–H and O–H groups in total. The number of nitrogens with one attached hydrogen (secondary N) is 2. The van der Waals surface area contributed by atoms with Gasteiger partial charge in [0.05, 0.1) is 40.8 Å². The monoisotopic (exact) mass is 281 g/mol. The maximum Gasteiger partial charge on any atom is 0.258 e. The molecule has 0 fully saturated rings. The van der Waals surface area contributed by atoms with Crippen LogP contribution in [0.1, 0.15) is 11.3 Å². The van der Waals surface area contributed by atoms with Crippen LogP contribution in [0.4, 0.5) is 11.4 Å². The second-order valence-electron chi connectivity index (χ2n) is 4.81. The summed E-state index contributed by atoms with van der Waals surface area (Å²) in [6.45, 7) is 2.57. The summed E-state index contributed by atoms with van der Waals surface area (Å²) in [6, 6.07) is 7.32. The number of H-pyrrole nitrogens is 1. The smallest absolute Gasteiger partial charge is 0.258 e. The summed E-state index contributed by atoms with van der Waals surface area (Å²) >= 11 is 0. The molecule has 0 atom stereocenters. The summed E-state index contributed by atoms with van der Waals surface area (Å²) in [4.78, 5) is 22.7. The van der Waals surface area contributed by atoms with Crippen LogP contribution in [-0.4, -0.2) is 15.0 Å². The summed E-state index contributed by atoms with van der Waals surface area (Å²) in [7, 11) is 0. The summed E-state index contributed by atoms with van der Waals surface area (Å²) < 4.78 is 0. The van der Waals surface area contributed by atoms with Gasteiger partial charge >= 0.3 is 0 Å². The Labute approximate surface area is 121 Å². The fraction of sp³-hybridized carbons (Fsp3) is 0.133. The third kappa shape index (κ3) is 2.55. The second-order valence-corrected chi connectivity index (χ2v) is 4.81. The fourth-order valence-corrected chi connectivity index (χ4v) is 2.17. The van der Waals surface area contributed by atoms with Gasteiger partial charge in [0, 0.05) is 6.20 Å². The molecule has 2 heterocycles. The molecule has 106 valence electrons. The highest BCUT2D eigenvalue weighted by Crippen LogP contribution is 2.23. The summed E-state index contributed by atoms with van der Waals surface area (Å²) in [6.07, 6.45) is 3.14. The van der Waals surface area contributed by atoms with Crippen molar-refractivity contribution in [2.75, 3.05) is 11.1 Å². The number of aromatic amines is 1. The normalized spacial score (nSPS) is 10.7. The Balaban J connectivity index is 1.93. The van der Waals surface area contributed by atoms with Gasteiger partial charge in [-0.15, -0.1) is 0 Å². The zero-order chi connectivity index (χ0) is 14.8. The molecule has 0 unspecified atom stereocenters. The van der Waals surface area contributed by atoms with Crippen molar-refractivity contribution < 1.29 is 0 Å². The molecule has 0 amide bonds. The molecule has 6 heteroatoms. The number of hydrogen-bond acceptors (Lipinski definition) is 5. The maximum absolute atomic E-state index is 11.7.